The second-order valence-corrected chi connectivity index (χ2v) is 3.39. The molecule has 9 heteroatoms. The van der Waals surface area contributed by atoms with Gasteiger partial charge in [0, 0.05) is 6.20 Å². The van der Waals surface area contributed by atoms with Crippen LogP contribution in [0.25, 0.3) is 0 Å². The average Bonchev–Trinajstić information content (AvgIpc) is 3.02. The molecule has 9 nitrogen and oxygen atoms in total. The average molecular weight is 231 g/mol. The lowest BCUT2D eigenvalue weighted by Gasteiger charge is -1.95. The van der Waals surface area contributed by atoms with Crippen LogP contribution in [-0.2, 0) is 13.1 Å². The highest BCUT2D eigenvalue weighted by Gasteiger charge is 2.04. The van der Waals surface area contributed by atoms with Crippen LogP contribution in [0.15, 0.2) is 25.0 Å². The summed E-state index contributed by atoms with van der Waals surface area (Å²) < 4.78 is 3.35. The molecule has 0 saturated heterocycles. The standard InChI is InChI=1S/C8H9N9/c1-2-16(15-11-1)4-8-10-6-17(14-8)3-7-9-5-12-13-7/h1-2,5-6H,3-4H2,(H,9,12,13). The third-order valence-electron chi connectivity index (χ3n) is 2.14. The van der Waals surface area contributed by atoms with Gasteiger partial charge in [0.05, 0.1) is 6.20 Å². The molecule has 0 unspecified atom stereocenters. The van der Waals surface area contributed by atoms with Crippen LogP contribution in [0.5, 0.6) is 0 Å². The van der Waals surface area contributed by atoms with Crippen LogP contribution in [0.2, 0.25) is 0 Å². The number of aromatic amines is 1. The van der Waals surface area contributed by atoms with Crippen molar-refractivity contribution in [3.05, 3.63) is 36.7 Å². The Morgan fingerprint density at radius 3 is 2.94 bits per heavy atom. The van der Waals surface area contributed by atoms with Gasteiger partial charge >= 0.3 is 0 Å². The van der Waals surface area contributed by atoms with E-state index in [4.69, 9.17) is 0 Å². The van der Waals surface area contributed by atoms with E-state index in [0.717, 1.165) is 5.82 Å². The molecule has 0 aliphatic heterocycles. The molecule has 17 heavy (non-hydrogen) atoms. The van der Waals surface area contributed by atoms with Crippen LogP contribution < -0.4 is 0 Å². The highest BCUT2D eigenvalue weighted by molar-refractivity contribution is 4.86. The fourth-order valence-electron chi connectivity index (χ4n) is 1.40. The molecule has 0 saturated carbocycles. The maximum Gasteiger partial charge on any atom is 0.172 e. The Bertz CT molecular complexity index is 513. The van der Waals surface area contributed by atoms with Crippen molar-refractivity contribution in [2.75, 3.05) is 0 Å². The second-order valence-electron chi connectivity index (χ2n) is 3.39. The summed E-state index contributed by atoms with van der Waals surface area (Å²) in [6, 6.07) is 0. The van der Waals surface area contributed by atoms with E-state index in [1.807, 2.05) is 0 Å². The third-order valence-corrected chi connectivity index (χ3v) is 2.14. The summed E-state index contributed by atoms with van der Waals surface area (Å²) >= 11 is 0. The van der Waals surface area contributed by atoms with Crippen LogP contribution in [0.4, 0.5) is 0 Å². The van der Waals surface area contributed by atoms with Gasteiger partial charge in [-0.3, -0.25) is 5.10 Å². The number of nitrogens with one attached hydrogen (secondary N) is 1. The lowest BCUT2D eigenvalue weighted by molar-refractivity contribution is 0.600. The van der Waals surface area contributed by atoms with Crippen molar-refractivity contribution in [1.29, 1.82) is 0 Å². The van der Waals surface area contributed by atoms with Gasteiger partial charge in [0.25, 0.3) is 0 Å². The smallest absolute Gasteiger partial charge is 0.172 e. The maximum absolute atomic E-state index is 4.29. The van der Waals surface area contributed by atoms with Gasteiger partial charge in [-0.2, -0.15) is 10.2 Å². The zero-order chi connectivity index (χ0) is 11.5. The second kappa shape index (κ2) is 4.12. The number of H-pyrrole nitrogens is 1. The van der Waals surface area contributed by atoms with E-state index in [0.29, 0.717) is 18.9 Å². The van der Waals surface area contributed by atoms with Crippen molar-refractivity contribution in [2.45, 2.75) is 13.1 Å². The molecule has 0 radical (unpaired) electrons. The molecule has 3 aromatic rings. The molecule has 86 valence electrons. The van der Waals surface area contributed by atoms with E-state index in [1.54, 1.807) is 28.1 Å². The van der Waals surface area contributed by atoms with E-state index in [-0.39, 0.29) is 0 Å². The molecule has 3 aromatic heterocycles. The summed E-state index contributed by atoms with van der Waals surface area (Å²) in [4.78, 5) is 8.19. The van der Waals surface area contributed by atoms with Gasteiger partial charge in [-0.15, -0.1) is 5.10 Å². The SMILES string of the molecule is c1cn(Cc2ncn(Cc3ncn[nH]3)n2)nn1. The van der Waals surface area contributed by atoms with Crippen molar-refractivity contribution >= 4 is 0 Å². The Kier molecular flexibility index (Phi) is 2.33. The van der Waals surface area contributed by atoms with Gasteiger partial charge in [-0.05, 0) is 0 Å². The van der Waals surface area contributed by atoms with Gasteiger partial charge in [0.2, 0.25) is 0 Å². The zero-order valence-electron chi connectivity index (χ0n) is 8.80. The molecule has 0 fully saturated rings. The van der Waals surface area contributed by atoms with E-state index >= 15 is 0 Å². The van der Waals surface area contributed by atoms with Gasteiger partial charge in [-0.1, -0.05) is 5.21 Å². The van der Waals surface area contributed by atoms with Crippen LogP contribution in [0.1, 0.15) is 11.6 Å². The number of hydrogen-bond donors (Lipinski definition) is 1. The topological polar surface area (TPSA) is 103 Å². The molecule has 0 amide bonds. The normalized spacial score (nSPS) is 10.8. The van der Waals surface area contributed by atoms with Crippen molar-refractivity contribution in [3.63, 3.8) is 0 Å². The summed E-state index contributed by atoms with van der Waals surface area (Å²) in [5.41, 5.74) is 0. The van der Waals surface area contributed by atoms with Crippen LogP contribution >= 0.6 is 0 Å². The van der Waals surface area contributed by atoms with Gasteiger partial charge in [-0.25, -0.2) is 19.3 Å². The first-order chi connectivity index (χ1) is 8.40. The van der Waals surface area contributed by atoms with Crippen molar-refractivity contribution < 1.29 is 0 Å². The van der Waals surface area contributed by atoms with Crippen molar-refractivity contribution in [3.8, 4) is 0 Å². The highest BCUT2D eigenvalue weighted by Crippen LogP contribution is 1.96. The number of rotatable bonds is 4. The van der Waals surface area contributed by atoms with Gasteiger partial charge in [0.1, 0.15) is 31.6 Å². The summed E-state index contributed by atoms with van der Waals surface area (Å²) in [5, 5.41) is 18.4. The van der Waals surface area contributed by atoms with Crippen molar-refractivity contribution in [2.24, 2.45) is 0 Å². The quantitative estimate of drug-likeness (QED) is 0.623. The largest absolute Gasteiger partial charge is 0.262 e. The molecule has 3 heterocycles. The lowest BCUT2D eigenvalue weighted by atomic mass is 10.6. The van der Waals surface area contributed by atoms with E-state index in [2.05, 4.69) is 35.6 Å². The monoisotopic (exact) mass is 231 g/mol. The van der Waals surface area contributed by atoms with Crippen molar-refractivity contribution in [1.82, 2.24) is 44.9 Å². The summed E-state index contributed by atoms with van der Waals surface area (Å²) in [7, 11) is 0. The van der Waals surface area contributed by atoms with Crippen LogP contribution in [-0.4, -0.2) is 44.9 Å². The molecule has 0 aromatic carbocycles. The maximum atomic E-state index is 4.29. The third kappa shape index (κ3) is 2.17. The number of nitrogens with zero attached hydrogens (tertiary/aromatic N) is 8. The van der Waals surface area contributed by atoms with Crippen LogP contribution in [0, 0.1) is 0 Å². The minimum atomic E-state index is 0.503. The first-order valence-electron chi connectivity index (χ1n) is 4.97. The molecule has 0 bridgehead atoms. The summed E-state index contributed by atoms with van der Waals surface area (Å²) in [6.45, 7) is 1.02. The zero-order valence-corrected chi connectivity index (χ0v) is 8.80. The summed E-state index contributed by atoms with van der Waals surface area (Å²) in [6.07, 6.45) is 6.49. The Hall–Kier alpha value is -2.58. The predicted molar refractivity (Wildman–Crippen MR) is 54.6 cm³/mol. The molecule has 0 aliphatic rings. The minimum Gasteiger partial charge on any atom is -0.262 e. The molecular weight excluding hydrogens is 222 g/mol. The molecular formula is C8H9N9. The predicted octanol–water partition coefficient (Wildman–Crippen LogP) is -0.916. The lowest BCUT2D eigenvalue weighted by Crippen LogP contribution is -2.05. The fraction of sp³-hybridized carbons (Fsp3) is 0.250. The Morgan fingerprint density at radius 1 is 1.18 bits per heavy atom. The summed E-state index contributed by atoms with van der Waals surface area (Å²) in [5.74, 6) is 1.41. The first kappa shape index (κ1) is 9.63. The highest BCUT2D eigenvalue weighted by atomic mass is 15.4. The fourth-order valence-corrected chi connectivity index (χ4v) is 1.40. The Balaban J connectivity index is 1.70. The first-order valence-corrected chi connectivity index (χ1v) is 4.97. The Morgan fingerprint density at radius 2 is 2.18 bits per heavy atom. The Labute approximate surface area is 95.5 Å². The van der Waals surface area contributed by atoms with Gasteiger partial charge in [0.15, 0.2) is 5.82 Å². The van der Waals surface area contributed by atoms with E-state index in [9.17, 15) is 0 Å². The molecule has 1 N–H and O–H groups in total. The van der Waals surface area contributed by atoms with Gasteiger partial charge < -0.3 is 0 Å². The van der Waals surface area contributed by atoms with Crippen LogP contribution in [0.3, 0.4) is 0 Å². The molecule has 0 spiro atoms. The van der Waals surface area contributed by atoms with E-state index < -0.39 is 0 Å². The number of hydrogen-bond acceptors (Lipinski definition) is 6. The number of aromatic nitrogens is 9. The molecule has 3 rings (SSSR count). The molecule has 0 atom stereocenters. The molecule has 0 aliphatic carbocycles. The van der Waals surface area contributed by atoms with E-state index in [1.165, 1.54) is 6.33 Å². The minimum absolute atomic E-state index is 0.503.